The number of carbonyl (C=O) groups excluding carboxylic acids is 2. The Balaban J connectivity index is 1.51. The van der Waals surface area contributed by atoms with Crippen molar-refractivity contribution in [2.75, 3.05) is 12.4 Å². The number of rotatable bonds is 8. The molecule has 6 nitrogen and oxygen atoms in total. The van der Waals surface area contributed by atoms with Crippen LogP contribution in [-0.2, 0) is 22.6 Å². The Morgan fingerprint density at radius 2 is 1.69 bits per heavy atom. The molecule has 2 aromatic carbocycles. The predicted molar refractivity (Wildman–Crippen MR) is 114 cm³/mol. The molecule has 0 bridgehead atoms. The van der Waals surface area contributed by atoms with Crippen molar-refractivity contribution >= 4 is 28.3 Å². The Morgan fingerprint density at radius 3 is 2.34 bits per heavy atom. The van der Waals surface area contributed by atoms with E-state index in [9.17, 15) is 9.59 Å². The fourth-order valence-corrected chi connectivity index (χ4v) is 3.42. The number of carbonyl (C=O) groups is 2. The first kappa shape index (κ1) is 20.5. The Kier molecular flexibility index (Phi) is 6.97. The molecule has 0 aliphatic rings. The van der Waals surface area contributed by atoms with Crippen LogP contribution in [0.15, 0.2) is 66.0 Å². The van der Waals surface area contributed by atoms with Crippen molar-refractivity contribution in [3.05, 3.63) is 82.9 Å². The smallest absolute Gasteiger partial charge is 0.358 e. The molecule has 0 aliphatic heterocycles. The van der Waals surface area contributed by atoms with Crippen LogP contribution < -0.4 is 5.32 Å². The van der Waals surface area contributed by atoms with Gasteiger partial charge in [-0.05, 0) is 18.1 Å². The number of esters is 1. The number of nitrogens with zero attached hydrogens (tertiary/aromatic N) is 2. The topological polar surface area (TPSA) is 71.5 Å². The number of ether oxygens (including phenoxy) is 1. The van der Waals surface area contributed by atoms with Gasteiger partial charge in [-0.1, -0.05) is 60.7 Å². The van der Waals surface area contributed by atoms with Crippen LogP contribution in [0, 0.1) is 0 Å². The molecular formula is C22H23N3O3S. The highest BCUT2D eigenvalue weighted by Gasteiger charge is 2.23. The molecule has 7 heteroatoms. The fourth-order valence-electron chi connectivity index (χ4n) is 2.74. The number of likely N-dealkylation sites (N-methyl/N-ethyl adjacent to an activating group) is 1. The van der Waals surface area contributed by atoms with E-state index in [1.165, 1.54) is 11.3 Å². The molecule has 1 N–H and O–H groups in total. The summed E-state index contributed by atoms with van der Waals surface area (Å²) in [5.41, 5.74) is 2.32. The SMILES string of the molecule is C[C@H](OC(=O)c1csc(NCc2ccccc2)n1)C(=O)N(C)Cc1ccccc1. The van der Waals surface area contributed by atoms with Crippen LogP contribution in [0.25, 0.3) is 0 Å². The number of benzene rings is 2. The molecule has 0 radical (unpaired) electrons. The molecule has 0 saturated carbocycles. The highest BCUT2D eigenvalue weighted by Crippen LogP contribution is 2.18. The minimum Gasteiger partial charge on any atom is -0.448 e. The molecule has 1 heterocycles. The predicted octanol–water partition coefficient (Wildman–Crippen LogP) is 3.96. The molecule has 3 aromatic rings. The monoisotopic (exact) mass is 409 g/mol. The van der Waals surface area contributed by atoms with Gasteiger partial charge in [0, 0.05) is 25.5 Å². The highest BCUT2D eigenvalue weighted by atomic mass is 32.1. The maximum absolute atomic E-state index is 12.5. The second-order valence-electron chi connectivity index (χ2n) is 6.60. The van der Waals surface area contributed by atoms with Crippen LogP contribution in [0.1, 0.15) is 28.5 Å². The summed E-state index contributed by atoms with van der Waals surface area (Å²) in [5.74, 6) is -0.872. The molecule has 3 rings (SSSR count). The summed E-state index contributed by atoms with van der Waals surface area (Å²) in [4.78, 5) is 30.6. The Hall–Kier alpha value is -3.19. The summed E-state index contributed by atoms with van der Waals surface area (Å²) in [5, 5.41) is 5.43. The summed E-state index contributed by atoms with van der Waals surface area (Å²) < 4.78 is 5.32. The van der Waals surface area contributed by atoms with Crippen LogP contribution in [0.2, 0.25) is 0 Å². The van der Waals surface area contributed by atoms with Crippen molar-refractivity contribution in [2.45, 2.75) is 26.1 Å². The maximum atomic E-state index is 12.5. The first-order chi connectivity index (χ1) is 14.0. The van der Waals surface area contributed by atoms with E-state index >= 15 is 0 Å². The molecule has 150 valence electrons. The third-order valence-electron chi connectivity index (χ3n) is 4.27. The van der Waals surface area contributed by atoms with Crippen molar-refractivity contribution in [3.63, 3.8) is 0 Å². The normalized spacial score (nSPS) is 11.5. The molecule has 1 atom stereocenters. The summed E-state index contributed by atoms with van der Waals surface area (Å²) in [6, 6.07) is 19.6. The molecule has 0 fully saturated rings. The van der Waals surface area contributed by atoms with Gasteiger partial charge in [0.2, 0.25) is 0 Å². The van der Waals surface area contributed by atoms with Gasteiger partial charge < -0.3 is 15.0 Å². The summed E-state index contributed by atoms with van der Waals surface area (Å²) >= 11 is 1.32. The van der Waals surface area contributed by atoms with E-state index in [1.807, 2.05) is 60.7 Å². The van der Waals surface area contributed by atoms with Gasteiger partial charge in [-0.15, -0.1) is 11.3 Å². The minimum atomic E-state index is -0.890. The number of hydrogen-bond donors (Lipinski definition) is 1. The zero-order valence-corrected chi connectivity index (χ0v) is 17.2. The van der Waals surface area contributed by atoms with Crippen LogP contribution in [-0.4, -0.2) is 34.9 Å². The second-order valence-corrected chi connectivity index (χ2v) is 7.46. The van der Waals surface area contributed by atoms with Gasteiger partial charge in [0.05, 0.1) is 0 Å². The first-order valence-corrected chi connectivity index (χ1v) is 10.1. The van der Waals surface area contributed by atoms with Crippen molar-refractivity contribution in [1.82, 2.24) is 9.88 Å². The Labute approximate surface area is 174 Å². The number of amides is 1. The number of aromatic nitrogens is 1. The third kappa shape index (κ3) is 5.89. The zero-order valence-electron chi connectivity index (χ0n) is 16.4. The molecule has 1 amide bonds. The van der Waals surface area contributed by atoms with Gasteiger partial charge >= 0.3 is 5.97 Å². The fraction of sp³-hybridized carbons (Fsp3) is 0.227. The van der Waals surface area contributed by atoms with Crippen molar-refractivity contribution in [1.29, 1.82) is 0 Å². The van der Waals surface area contributed by atoms with E-state index in [1.54, 1.807) is 24.3 Å². The highest BCUT2D eigenvalue weighted by molar-refractivity contribution is 7.13. The first-order valence-electron chi connectivity index (χ1n) is 9.26. The van der Waals surface area contributed by atoms with Crippen LogP contribution >= 0.6 is 11.3 Å². The van der Waals surface area contributed by atoms with Gasteiger partial charge in [0.25, 0.3) is 5.91 Å². The van der Waals surface area contributed by atoms with Crippen molar-refractivity contribution in [2.24, 2.45) is 0 Å². The Morgan fingerprint density at radius 1 is 1.07 bits per heavy atom. The van der Waals surface area contributed by atoms with E-state index in [-0.39, 0.29) is 11.6 Å². The number of anilines is 1. The second kappa shape index (κ2) is 9.84. The summed E-state index contributed by atoms with van der Waals surface area (Å²) in [6.07, 6.45) is -0.890. The number of hydrogen-bond acceptors (Lipinski definition) is 6. The van der Waals surface area contributed by atoms with Gasteiger partial charge in [0.15, 0.2) is 16.9 Å². The van der Waals surface area contributed by atoms with E-state index < -0.39 is 12.1 Å². The van der Waals surface area contributed by atoms with Crippen LogP contribution in [0.5, 0.6) is 0 Å². The van der Waals surface area contributed by atoms with Crippen LogP contribution in [0.3, 0.4) is 0 Å². The largest absolute Gasteiger partial charge is 0.448 e. The summed E-state index contributed by atoms with van der Waals surface area (Å²) in [7, 11) is 1.69. The standard InChI is InChI=1S/C22H23N3O3S/c1-16(20(26)25(2)14-18-11-7-4-8-12-18)28-21(27)19-15-29-22(24-19)23-13-17-9-5-3-6-10-17/h3-12,15-16H,13-14H2,1-2H3,(H,23,24)/t16-/m0/s1. The number of thiazole rings is 1. The lowest BCUT2D eigenvalue weighted by molar-refractivity contribution is -0.139. The quantitative estimate of drug-likeness (QED) is 0.570. The van der Waals surface area contributed by atoms with Gasteiger partial charge in [-0.2, -0.15) is 0 Å². The molecule has 0 unspecified atom stereocenters. The Bertz CT molecular complexity index is 944. The summed E-state index contributed by atoms with van der Waals surface area (Å²) in [6.45, 7) is 2.64. The lowest BCUT2D eigenvalue weighted by Gasteiger charge is -2.21. The number of nitrogens with one attached hydrogen (secondary N) is 1. The molecule has 0 spiro atoms. The molecule has 29 heavy (non-hydrogen) atoms. The van der Waals surface area contributed by atoms with E-state index in [0.717, 1.165) is 11.1 Å². The van der Waals surface area contributed by atoms with E-state index in [0.29, 0.717) is 18.2 Å². The van der Waals surface area contributed by atoms with Crippen molar-refractivity contribution < 1.29 is 14.3 Å². The van der Waals surface area contributed by atoms with E-state index in [2.05, 4.69) is 10.3 Å². The molecule has 0 aliphatic carbocycles. The lowest BCUT2D eigenvalue weighted by Crippen LogP contribution is -2.37. The van der Waals surface area contributed by atoms with Crippen molar-refractivity contribution in [3.8, 4) is 0 Å². The van der Waals surface area contributed by atoms with Gasteiger partial charge in [-0.25, -0.2) is 9.78 Å². The maximum Gasteiger partial charge on any atom is 0.358 e. The average Bonchev–Trinajstić information content (AvgIpc) is 3.22. The molecular weight excluding hydrogens is 386 g/mol. The molecule has 1 aromatic heterocycles. The third-order valence-corrected chi connectivity index (χ3v) is 5.07. The average molecular weight is 410 g/mol. The minimum absolute atomic E-state index is 0.191. The lowest BCUT2D eigenvalue weighted by atomic mass is 10.2. The van der Waals surface area contributed by atoms with Gasteiger partial charge in [0.1, 0.15) is 0 Å². The molecule has 0 saturated heterocycles. The van der Waals surface area contributed by atoms with E-state index in [4.69, 9.17) is 4.74 Å². The van der Waals surface area contributed by atoms with Gasteiger partial charge in [-0.3, -0.25) is 4.79 Å². The zero-order chi connectivity index (χ0) is 20.6. The van der Waals surface area contributed by atoms with Crippen LogP contribution in [0.4, 0.5) is 5.13 Å².